The Morgan fingerprint density at radius 2 is 1.68 bits per heavy atom. The number of ether oxygens (including phenoxy) is 2. The molecule has 0 radical (unpaired) electrons. The maximum atomic E-state index is 15.0. The number of rotatable bonds is 10. The highest BCUT2D eigenvalue weighted by Crippen LogP contribution is 2.40. The van der Waals surface area contributed by atoms with E-state index in [-0.39, 0.29) is 17.2 Å². The first-order valence-corrected chi connectivity index (χ1v) is 11.8. The molecule has 34 heavy (non-hydrogen) atoms. The zero-order chi connectivity index (χ0) is 24.7. The lowest BCUT2D eigenvalue weighted by Gasteiger charge is -2.29. The molecule has 0 spiro atoms. The van der Waals surface area contributed by atoms with Gasteiger partial charge in [-0.05, 0) is 86.1 Å². The van der Waals surface area contributed by atoms with Crippen molar-refractivity contribution in [2.75, 3.05) is 13.7 Å². The molecule has 1 aliphatic rings. The molecule has 2 aromatic carbocycles. The van der Waals surface area contributed by atoms with E-state index in [0.29, 0.717) is 41.4 Å². The van der Waals surface area contributed by atoms with E-state index < -0.39 is 17.5 Å². The van der Waals surface area contributed by atoms with Crippen LogP contribution in [-0.4, -0.2) is 13.7 Å². The highest BCUT2D eigenvalue weighted by molar-refractivity contribution is 5.65. The van der Waals surface area contributed by atoms with Gasteiger partial charge in [-0.15, -0.1) is 0 Å². The van der Waals surface area contributed by atoms with E-state index >= 15 is 4.39 Å². The molecule has 1 aliphatic carbocycles. The van der Waals surface area contributed by atoms with Crippen molar-refractivity contribution in [2.45, 2.75) is 51.4 Å². The summed E-state index contributed by atoms with van der Waals surface area (Å²) >= 11 is 0. The van der Waals surface area contributed by atoms with Gasteiger partial charge in [0.05, 0.1) is 13.7 Å². The highest BCUT2D eigenvalue weighted by Gasteiger charge is 2.26. The molecule has 0 unspecified atom stereocenters. The molecule has 0 heterocycles. The fourth-order valence-electron chi connectivity index (χ4n) is 4.60. The summed E-state index contributed by atoms with van der Waals surface area (Å²) in [6.07, 6.45) is 6.02. The van der Waals surface area contributed by atoms with Gasteiger partial charge in [0.2, 0.25) is 0 Å². The van der Waals surface area contributed by atoms with E-state index in [1.165, 1.54) is 6.08 Å². The summed E-state index contributed by atoms with van der Waals surface area (Å²) < 4.78 is 54.4. The summed E-state index contributed by atoms with van der Waals surface area (Å²) in [6.45, 7) is 9.75. The normalized spacial score (nSPS) is 18.4. The van der Waals surface area contributed by atoms with E-state index in [1.807, 2.05) is 6.92 Å². The molecule has 1 saturated carbocycles. The maximum Gasteiger partial charge on any atom is 0.166 e. The summed E-state index contributed by atoms with van der Waals surface area (Å²) in [6, 6.07) is 10.3. The molecule has 0 saturated heterocycles. The summed E-state index contributed by atoms with van der Waals surface area (Å²) in [5.41, 5.74) is 1.74. The van der Waals surface area contributed by atoms with Crippen molar-refractivity contribution in [3.05, 3.63) is 90.0 Å². The van der Waals surface area contributed by atoms with E-state index in [1.54, 1.807) is 43.5 Å². The average molecular weight is 471 g/mol. The molecular weight excluding hydrogens is 437 g/mol. The van der Waals surface area contributed by atoms with Crippen LogP contribution in [0.25, 0.3) is 11.1 Å². The molecule has 5 heteroatoms. The Balaban J connectivity index is 1.57. The monoisotopic (exact) mass is 470 g/mol. The molecule has 0 aromatic heterocycles. The number of halogens is 3. The second-order valence-electron chi connectivity index (χ2n) is 8.81. The molecule has 0 amide bonds. The van der Waals surface area contributed by atoms with E-state index in [2.05, 4.69) is 13.2 Å². The Labute approximate surface area is 200 Å². The lowest BCUT2D eigenvalue weighted by molar-refractivity contribution is 0.243. The van der Waals surface area contributed by atoms with Gasteiger partial charge in [-0.25, -0.2) is 13.2 Å². The number of allylic oxidation sites excluding steroid dienone is 3. The summed E-state index contributed by atoms with van der Waals surface area (Å²) in [5, 5.41) is 0. The molecule has 0 atom stereocenters. The predicted molar refractivity (Wildman–Crippen MR) is 131 cm³/mol. The van der Waals surface area contributed by atoms with Crippen molar-refractivity contribution in [3.8, 4) is 16.9 Å². The Morgan fingerprint density at radius 1 is 1.00 bits per heavy atom. The fourth-order valence-corrected chi connectivity index (χ4v) is 4.60. The minimum Gasteiger partial charge on any atom is -0.497 e. The van der Waals surface area contributed by atoms with Crippen molar-refractivity contribution in [3.63, 3.8) is 0 Å². The van der Waals surface area contributed by atoms with Gasteiger partial charge >= 0.3 is 0 Å². The van der Waals surface area contributed by atoms with E-state index in [9.17, 15) is 8.78 Å². The van der Waals surface area contributed by atoms with Crippen LogP contribution in [0.4, 0.5) is 13.2 Å². The number of hydrogen-bond acceptors (Lipinski definition) is 2. The van der Waals surface area contributed by atoms with E-state index in [4.69, 9.17) is 9.47 Å². The minimum absolute atomic E-state index is 0.00924. The Bertz CT molecular complexity index is 1030. The first-order valence-electron chi connectivity index (χ1n) is 11.8. The van der Waals surface area contributed by atoms with Crippen LogP contribution in [0, 0.1) is 17.6 Å². The Hall–Kier alpha value is -2.95. The van der Waals surface area contributed by atoms with Crippen molar-refractivity contribution in [1.82, 2.24) is 0 Å². The zero-order valence-corrected chi connectivity index (χ0v) is 20.0. The minimum atomic E-state index is -0.808. The van der Waals surface area contributed by atoms with Crippen LogP contribution in [0.3, 0.4) is 0 Å². The summed E-state index contributed by atoms with van der Waals surface area (Å²) in [4.78, 5) is 0. The third-order valence-corrected chi connectivity index (χ3v) is 6.61. The largest absolute Gasteiger partial charge is 0.497 e. The number of methoxy groups -OCH3 is 1. The zero-order valence-electron chi connectivity index (χ0n) is 20.0. The molecule has 0 bridgehead atoms. The molecule has 0 aliphatic heterocycles. The van der Waals surface area contributed by atoms with Gasteiger partial charge in [-0.3, -0.25) is 0 Å². The highest BCUT2D eigenvalue weighted by atomic mass is 19.2. The second-order valence-corrected chi connectivity index (χ2v) is 8.81. The number of benzene rings is 2. The van der Waals surface area contributed by atoms with Gasteiger partial charge in [-0.1, -0.05) is 37.4 Å². The van der Waals surface area contributed by atoms with Gasteiger partial charge in [-0.2, -0.15) is 0 Å². The molecular formula is C29H33F3O2. The smallest absolute Gasteiger partial charge is 0.166 e. The third kappa shape index (κ3) is 6.34. The van der Waals surface area contributed by atoms with Gasteiger partial charge in [0.15, 0.2) is 11.6 Å². The third-order valence-electron chi connectivity index (χ3n) is 6.61. The lowest BCUT2D eigenvalue weighted by atomic mass is 9.76. The van der Waals surface area contributed by atoms with Gasteiger partial charge in [0.1, 0.15) is 17.3 Å². The molecule has 2 aromatic rings. The van der Waals surface area contributed by atoms with Crippen LogP contribution < -0.4 is 4.74 Å². The van der Waals surface area contributed by atoms with Crippen molar-refractivity contribution >= 4 is 0 Å². The van der Waals surface area contributed by atoms with Gasteiger partial charge < -0.3 is 9.47 Å². The molecule has 3 rings (SSSR count). The standard InChI is InChI=1S/C29H33F3O2/c1-5-34-20(3)18-27(30)19(2)6-7-21-8-10-22(11-9-21)25-16-17-26(29(32)28(25)31)23-12-14-24(33-4)15-13-23/h12-18,21-22H,2-3,5-11H2,1,4H3/b27-18+. The van der Waals surface area contributed by atoms with Crippen LogP contribution in [0.15, 0.2) is 72.8 Å². The molecule has 2 nitrogen and oxygen atoms in total. The maximum absolute atomic E-state index is 15.0. The van der Waals surface area contributed by atoms with Crippen LogP contribution in [0.5, 0.6) is 5.75 Å². The van der Waals surface area contributed by atoms with Crippen LogP contribution in [0.2, 0.25) is 0 Å². The SMILES string of the molecule is C=C(/C=C(/F)C(=C)CCC1CCC(c2ccc(-c3ccc(OC)cc3)c(F)c2F)CC1)OCC. The topological polar surface area (TPSA) is 18.5 Å². The van der Waals surface area contributed by atoms with Crippen LogP contribution >= 0.6 is 0 Å². The second kappa shape index (κ2) is 12.0. The van der Waals surface area contributed by atoms with Crippen molar-refractivity contribution in [2.24, 2.45) is 5.92 Å². The molecule has 0 N–H and O–H groups in total. The Kier molecular flexibility index (Phi) is 9.03. The van der Waals surface area contributed by atoms with Crippen LogP contribution in [0.1, 0.15) is 56.9 Å². The van der Waals surface area contributed by atoms with Crippen molar-refractivity contribution in [1.29, 1.82) is 0 Å². The van der Waals surface area contributed by atoms with Crippen molar-refractivity contribution < 1.29 is 22.6 Å². The quantitative estimate of drug-likeness (QED) is 0.255. The Morgan fingerprint density at radius 3 is 2.29 bits per heavy atom. The fraction of sp³-hybridized carbons (Fsp3) is 0.379. The van der Waals surface area contributed by atoms with E-state index in [0.717, 1.165) is 32.1 Å². The lowest BCUT2D eigenvalue weighted by Crippen LogP contribution is -2.15. The summed E-state index contributed by atoms with van der Waals surface area (Å²) in [7, 11) is 1.56. The molecule has 182 valence electrons. The van der Waals surface area contributed by atoms with Gasteiger partial charge in [0.25, 0.3) is 0 Å². The van der Waals surface area contributed by atoms with Crippen LogP contribution in [-0.2, 0) is 4.74 Å². The van der Waals surface area contributed by atoms with Gasteiger partial charge in [0, 0.05) is 11.6 Å². The first-order chi connectivity index (χ1) is 16.3. The predicted octanol–water partition coefficient (Wildman–Crippen LogP) is 8.65. The molecule has 1 fully saturated rings. The first kappa shape index (κ1) is 25.7. The summed E-state index contributed by atoms with van der Waals surface area (Å²) in [5.74, 6) is -0.608. The average Bonchev–Trinajstić information content (AvgIpc) is 2.85. The number of hydrogen-bond donors (Lipinski definition) is 0.